The van der Waals surface area contributed by atoms with Gasteiger partial charge < -0.3 is 19.1 Å². The van der Waals surface area contributed by atoms with Gasteiger partial charge in [0.15, 0.2) is 17.6 Å². The number of benzene rings is 1. The number of thiophene rings is 1. The van der Waals surface area contributed by atoms with Crippen molar-refractivity contribution in [1.82, 2.24) is 0 Å². The molecule has 1 aromatic heterocycles. The molecule has 34 heavy (non-hydrogen) atoms. The molecule has 8 heteroatoms. The predicted octanol–water partition coefficient (Wildman–Crippen LogP) is 5.29. The van der Waals surface area contributed by atoms with Crippen molar-refractivity contribution < 1.29 is 28.6 Å². The van der Waals surface area contributed by atoms with Crippen molar-refractivity contribution in [3.63, 3.8) is 0 Å². The third kappa shape index (κ3) is 6.11. The first-order valence-electron chi connectivity index (χ1n) is 11.5. The molecule has 1 saturated carbocycles. The first-order valence-corrected chi connectivity index (χ1v) is 12.4. The van der Waals surface area contributed by atoms with E-state index in [-0.39, 0.29) is 31.1 Å². The summed E-state index contributed by atoms with van der Waals surface area (Å²) in [4.78, 5) is 39.2. The monoisotopic (exact) mass is 487 g/mol. The van der Waals surface area contributed by atoms with Gasteiger partial charge in [0, 0.05) is 31.3 Å². The summed E-state index contributed by atoms with van der Waals surface area (Å²) in [5.41, 5.74) is 1.70. The van der Waals surface area contributed by atoms with E-state index >= 15 is 0 Å². The van der Waals surface area contributed by atoms with Gasteiger partial charge in [0.05, 0.1) is 29.8 Å². The average molecular weight is 488 g/mol. The van der Waals surface area contributed by atoms with Crippen molar-refractivity contribution in [2.24, 2.45) is 11.8 Å². The Hall–Kier alpha value is -2.55. The Morgan fingerprint density at radius 2 is 1.76 bits per heavy atom. The molecule has 0 unspecified atom stereocenters. The lowest BCUT2D eigenvalue weighted by molar-refractivity contribution is -0.124. The number of carbonyl (C=O) groups excluding carboxylic acids is 3. The van der Waals surface area contributed by atoms with Crippen molar-refractivity contribution in [1.29, 1.82) is 0 Å². The summed E-state index contributed by atoms with van der Waals surface area (Å²) in [5.74, 6) is 0.974. The Morgan fingerprint density at radius 1 is 1.09 bits per heavy atom. The van der Waals surface area contributed by atoms with Gasteiger partial charge >= 0.3 is 0 Å². The molecule has 3 rings (SSSR count). The quantitative estimate of drug-likeness (QED) is 0.400. The largest absolute Gasteiger partial charge is 0.446 e. The second-order valence-corrected chi connectivity index (χ2v) is 9.95. The Labute approximate surface area is 205 Å². The van der Waals surface area contributed by atoms with E-state index in [1.54, 1.807) is 43.4 Å². The fourth-order valence-electron chi connectivity index (χ4n) is 4.45. The minimum Gasteiger partial charge on any atom is -0.446 e. The van der Waals surface area contributed by atoms with Crippen LogP contribution in [0.1, 0.15) is 58.2 Å². The highest BCUT2D eigenvalue weighted by Crippen LogP contribution is 2.37. The maximum atomic E-state index is 13.8. The van der Waals surface area contributed by atoms with Gasteiger partial charge in [-0.1, -0.05) is 18.3 Å². The van der Waals surface area contributed by atoms with E-state index in [1.165, 1.54) is 11.3 Å². The van der Waals surface area contributed by atoms with Crippen LogP contribution < -0.4 is 9.64 Å². The Kier molecular flexibility index (Phi) is 9.38. The number of aryl methyl sites for hydroxylation is 1. The summed E-state index contributed by atoms with van der Waals surface area (Å²) in [6.45, 7) is 4.64. The van der Waals surface area contributed by atoms with Crippen LogP contribution >= 0.6 is 11.3 Å². The molecule has 1 heterocycles. The van der Waals surface area contributed by atoms with Crippen LogP contribution in [0.25, 0.3) is 0 Å². The molecule has 0 saturated heterocycles. The minimum atomic E-state index is -0.373. The average Bonchev–Trinajstić information content (AvgIpc) is 3.19. The zero-order valence-corrected chi connectivity index (χ0v) is 21.1. The fourth-order valence-corrected chi connectivity index (χ4v) is 5.30. The zero-order chi connectivity index (χ0) is 24.7. The van der Waals surface area contributed by atoms with Crippen LogP contribution in [0.3, 0.4) is 0 Å². The van der Waals surface area contributed by atoms with Crippen LogP contribution in [-0.2, 0) is 14.3 Å². The molecule has 1 fully saturated rings. The number of rotatable bonds is 11. The van der Waals surface area contributed by atoms with Gasteiger partial charge in [-0.3, -0.25) is 14.4 Å². The van der Waals surface area contributed by atoms with E-state index in [0.717, 1.165) is 43.8 Å². The number of ether oxygens (including phenoxy) is 3. The van der Waals surface area contributed by atoms with Crippen LogP contribution in [0.2, 0.25) is 0 Å². The van der Waals surface area contributed by atoms with Crippen LogP contribution in [0.15, 0.2) is 24.3 Å². The number of hydrogen-bond donors (Lipinski definition) is 0. The molecule has 2 aromatic rings. The molecule has 1 amide bonds. The normalized spacial score (nSPS) is 18.0. The summed E-state index contributed by atoms with van der Waals surface area (Å²) in [6.07, 6.45) is 5.21. The molecule has 184 valence electrons. The van der Waals surface area contributed by atoms with Crippen molar-refractivity contribution in [3.8, 4) is 10.8 Å². The lowest BCUT2D eigenvalue weighted by atomic mass is 9.82. The Morgan fingerprint density at radius 3 is 2.32 bits per heavy atom. The van der Waals surface area contributed by atoms with Crippen molar-refractivity contribution in [3.05, 3.63) is 40.3 Å². The van der Waals surface area contributed by atoms with Crippen molar-refractivity contribution in [2.75, 3.05) is 32.3 Å². The fraction of sp³-hybridized carbons (Fsp3) is 0.500. The van der Waals surface area contributed by atoms with Crippen LogP contribution in [0.4, 0.5) is 5.69 Å². The van der Waals surface area contributed by atoms with Gasteiger partial charge in [0.2, 0.25) is 5.91 Å². The van der Waals surface area contributed by atoms with Gasteiger partial charge in [0.25, 0.3) is 0 Å². The number of anilines is 1. The molecule has 0 atom stereocenters. The molecule has 0 radical (unpaired) electrons. The summed E-state index contributed by atoms with van der Waals surface area (Å²) in [6, 6.07) is 6.49. The van der Waals surface area contributed by atoms with E-state index in [4.69, 9.17) is 14.2 Å². The minimum absolute atomic E-state index is 0.00695. The summed E-state index contributed by atoms with van der Waals surface area (Å²) in [7, 11) is 3.17. The first kappa shape index (κ1) is 26.1. The van der Waals surface area contributed by atoms with Crippen LogP contribution in [0.5, 0.6) is 10.8 Å². The van der Waals surface area contributed by atoms with Crippen molar-refractivity contribution in [2.45, 2.75) is 45.6 Å². The smallest absolute Gasteiger partial charge is 0.230 e. The topological polar surface area (TPSA) is 82.1 Å². The molecule has 7 nitrogen and oxygen atoms in total. The lowest BCUT2D eigenvalue weighted by Crippen LogP contribution is -2.49. The van der Waals surface area contributed by atoms with Gasteiger partial charge in [0.1, 0.15) is 5.75 Å². The third-order valence-electron chi connectivity index (χ3n) is 6.29. The van der Waals surface area contributed by atoms with Gasteiger partial charge in [-0.25, -0.2) is 0 Å². The van der Waals surface area contributed by atoms with Crippen molar-refractivity contribution >= 4 is 35.5 Å². The molecule has 0 spiro atoms. The third-order valence-corrected chi connectivity index (χ3v) is 7.33. The highest BCUT2D eigenvalue weighted by Gasteiger charge is 2.34. The highest BCUT2D eigenvalue weighted by atomic mass is 32.1. The lowest BCUT2D eigenvalue weighted by Gasteiger charge is -2.36. The molecule has 0 bridgehead atoms. The number of carbonyl (C=O) groups is 3. The SMILES string of the molecule is COCC(COC)N(C(=O)C1CCC(C)CC1)c1ccc(Oc2sc(C=O)cc2C)cc1C=O. The molecular weight excluding hydrogens is 454 g/mol. The van der Waals surface area contributed by atoms with Crippen LogP contribution in [-0.4, -0.2) is 52.0 Å². The number of nitrogens with zero attached hydrogens (tertiary/aromatic N) is 1. The predicted molar refractivity (Wildman–Crippen MR) is 132 cm³/mol. The Balaban J connectivity index is 1.96. The Bertz CT molecular complexity index is 989. The van der Waals surface area contributed by atoms with Gasteiger partial charge in [-0.15, -0.1) is 0 Å². The maximum absolute atomic E-state index is 13.8. The van der Waals surface area contributed by atoms with E-state index in [1.807, 2.05) is 6.92 Å². The van der Waals surface area contributed by atoms with E-state index < -0.39 is 0 Å². The summed E-state index contributed by atoms with van der Waals surface area (Å²) in [5, 5.41) is 0.590. The summed E-state index contributed by atoms with van der Waals surface area (Å²) >= 11 is 1.24. The molecule has 1 aromatic carbocycles. The van der Waals surface area contributed by atoms with E-state index in [0.29, 0.717) is 32.9 Å². The maximum Gasteiger partial charge on any atom is 0.230 e. The standard InChI is InChI=1S/C26H33NO6S/c1-17-5-7-19(8-6-17)25(30)27(21(15-31-3)16-32-4)24-10-9-22(12-20(24)13-28)33-26-18(2)11-23(14-29)34-26/h9-14,17,19,21H,5-8,15-16H2,1-4H3. The second kappa shape index (κ2) is 12.2. The van der Waals surface area contributed by atoms with E-state index in [2.05, 4.69) is 6.92 Å². The molecule has 1 aliphatic carbocycles. The molecular formula is C26H33NO6S. The molecule has 0 aliphatic heterocycles. The van der Waals surface area contributed by atoms with E-state index in [9.17, 15) is 14.4 Å². The number of hydrogen-bond acceptors (Lipinski definition) is 7. The summed E-state index contributed by atoms with van der Waals surface area (Å²) < 4.78 is 16.8. The van der Waals surface area contributed by atoms with Gasteiger partial charge in [-0.05, 0) is 62.8 Å². The molecule has 1 aliphatic rings. The zero-order valence-electron chi connectivity index (χ0n) is 20.2. The molecule has 0 N–H and O–H groups in total. The number of methoxy groups -OCH3 is 2. The second-order valence-electron chi connectivity index (χ2n) is 8.91. The van der Waals surface area contributed by atoms with Crippen LogP contribution in [0, 0.1) is 18.8 Å². The van der Waals surface area contributed by atoms with Gasteiger partial charge in [-0.2, -0.15) is 0 Å². The number of amides is 1. The number of aldehydes is 2. The highest BCUT2D eigenvalue weighted by molar-refractivity contribution is 7.15. The first-order chi connectivity index (χ1) is 16.4.